The molecule has 0 radical (unpaired) electrons. The summed E-state index contributed by atoms with van der Waals surface area (Å²) in [5.41, 5.74) is 4.95. The Balaban J connectivity index is 1.87. The molecule has 0 heterocycles. The van der Waals surface area contributed by atoms with E-state index in [-0.39, 0.29) is 17.6 Å². The number of hydrogen-bond acceptors (Lipinski definition) is 3. The van der Waals surface area contributed by atoms with Crippen LogP contribution >= 0.6 is 23.2 Å². The lowest BCUT2D eigenvalue weighted by Crippen LogP contribution is -2.12. The summed E-state index contributed by atoms with van der Waals surface area (Å²) < 4.78 is 5.70. The monoisotopic (exact) mass is 482 g/mol. The molecule has 3 rings (SSSR count). The molecule has 5 heteroatoms. The third-order valence-electron chi connectivity index (χ3n) is 5.70. The van der Waals surface area contributed by atoms with E-state index in [9.17, 15) is 9.59 Å². The summed E-state index contributed by atoms with van der Waals surface area (Å²) in [5, 5.41) is 1.28. The Hall–Kier alpha value is -2.62. The maximum Gasteiger partial charge on any atom is 0.343 e. The molecule has 3 nitrogen and oxygen atoms in total. The molecule has 0 saturated heterocycles. The van der Waals surface area contributed by atoms with E-state index in [1.165, 1.54) is 0 Å². The first-order chi connectivity index (χ1) is 15.5. The lowest BCUT2D eigenvalue weighted by atomic mass is 9.90. The average molecular weight is 483 g/mol. The summed E-state index contributed by atoms with van der Waals surface area (Å²) in [4.78, 5) is 26.0. The van der Waals surface area contributed by atoms with E-state index in [1.54, 1.807) is 30.3 Å². The fraction of sp³-hybridized carbons (Fsp3) is 0.286. The molecule has 0 saturated carbocycles. The highest BCUT2D eigenvalue weighted by Gasteiger charge is 2.19. The molecule has 0 unspecified atom stereocenters. The van der Waals surface area contributed by atoms with Crippen LogP contribution in [0.5, 0.6) is 5.75 Å². The van der Waals surface area contributed by atoms with Crippen molar-refractivity contribution < 1.29 is 14.3 Å². The van der Waals surface area contributed by atoms with Gasteiger partial charge in [-0.2, -0.15) is 0 Å². The first-order valence-corrected chi connectivity index (χ1v) is 11.7. The van der Waals surface area contributed by atoms with Gasteiger partial charge < -0.3 is 4.74 Å². The number of ketones is 1. The van der Waals surface area contributed by atoms with Crippen molar-refractivity contribution in [1.82, 2.24) is 0 Å². The Morgan fingerprint density at radius 3 is 1.76 bits per heavy atom. The van der Waals surface area contributed by atoms with Crippen LogP contribution in [0.1, 0.15) is 88.1 Å². The van der Waals surface area contributed by atoms with Crippen molar-refractivity contribution in [2.75, 3.05) is 0 Å². The van der Waals surface area contributed by atoms with Gasteiger partial charge in [0.2, 0.25) is 0 Å². The summed E-state index contributed by atoms with van der Waals surface area (Å²) in [6.45, 7) is 11.8. The van der Waals surface area contributed by atoms with Gasteiger partial charge in [-0.1, -0.05) is 63.0 Å². The van der Waals surface area contributed by atoms with E-state index in [2.05, 4.69) is 0 Å². The molecule has 0 fully saturated rings. The van der Waals surface area contributed by atoms with Crippen molar-refractivity contribution in [3.63, 3.8) is 0 Å². The highest BCUT2D eigenvalue weighted by atomic mass is 35.5. The van der Waals surface area contributed by atoms with E-state index in [1.807, 2.05) is 59.7 Å². The van der Waals surface area contributed by atoms with Crippen LogP contribution in [0, 0.1) is 13.8 Å². The van der Waals surface area contributed by atoms with Crippen LogP contribution in [0.25, 0.3) is 0 Å². The Labute approximate surface area is 205 Å². The second kappa shape index (κ2) is 10.1. The molecule has 0 spiro atoms. The van der Waals surface area contributed by atoms with Gasteiger partial charge in [-0.05, 0) is 84.3 Å². The maximum absolute atomic E-state index is 13.2. The van der Waals surface area contributed by atoms with Gasteiger partial charge in [-0.15, -0.1) is 0 Å². The van der Waals surface area contributed by atoms with Crippen molar-refractivity contribution in [1.29, 1.82) is 0 Å². The fourth-order valence-corrected chi connectivity index (χ4v) is 4.00. The summed E-state index contributed by atoms with van der Waals surface area (Å²) >= 11 is 12.5. The van der Waals surface area contributed by atoms with Gasteiger partial charge >= 0.3 is 5.97 Å². The van der Waals surface area contributed by atoms with E-state index >= 15 is 0 Å². The number of hydrogen-bond donors (Lipinski definition) is 0. The molecule has 3 aromatic carbocycles. The lowest BCUT2D eigenvalue weighted by Gasteiger charge is -2.15. The summed E-state index contributed by atoms with van der Waals surface area (Å²) in [6.07, 6.45) is 0. The van der Waals surface area contributed by atoms with E-state index in [0.29, 0.717) is 32.5 Å². The van der Waals surface area contributed by atoms with Gasteiger partial charge in [0, 0.05) is 21.2 Å². The third kappa shape index (κ3) is 5.48. The van der Waals surface area contributed by atoms with Crippen molar-refractivity contribution in [2.24, 2.45) is 0 Å². The number of rotatable bonds is 6. The standard InChI is InChI=1S/C28H28Cl2O3/c1-15(2)21-13-24(29)17(5)11-23(21)27(31)19-7-9-20(10-8-19)28(32)33-26-12-18(6)25(30)14-22(26)16(3)4/h7-16H,1-6H3. The number of benzene rings is 3. The van der Waals surface area contributed by atoms with Crippen molar-refractivity contribution in [2.45, 2.75) is 53.4 Å². The van der Waals surface area contributed by atoms with Crippen molar-refractivity contribution in [3.05, 3.63) is 97.5 Å². The third-order valence-corrected chi connectivity index (χ3v) is 6.51. The van der Waals surface area contributed by atoms with Gasteiger partial charge in [0.25, 0.3) is 0 Å². The molecule has 0 aliphatic heterocycles. The van der Waals surface area contributed by atoms with Crippen molar-refractivity contribution in [3.8, 4) is 5.75 Å². The second-order valence-electron chi connectivity index (χ2n) is 8.93. The molecule has 0 aromatic heterocycles. The largest absolute Gasteiger partial charge is 0.423 e. The highest BCUT2D eigenvalue weighted by molar-refractivity contribution is 6.32. The number of aryl methyl sites for hydroxylation is 2. The summed E-state index contributed by atoms with van der Waals surface area (Å²) in [7, 11) is 0. The molecule has 33 heavy (non-hydrogen) atoms. The fourth-order valence-electron chi connectivity index (χ4n) is 3.65. The zero-order chi connectivity index (χ0) is 24.4. The minimum Gasteiger partial charge on any atom is -0.423 e. The quantitative estimate of drug-likeness (QED) is 0.201. The normalized spacial score (nSPS) is 11.2. The molecule has 0 aliphatic carbocycles. The van der Waals surface area contributed by atoms with E-state index < -0.39 is 5.97 Å². The van der Waals surface area contributed by atoms with Crippen LogP contribution in [0.3, 0.4) is 0 Å². The molecule has 0 amide bonds. The molecule has 172 valence electrons. The predicted molar refractivity (Wildman–Crippen MR) is 135 cm³/mol. The topological polar surface area (TPSA) is 43.4 Å². The van der Waals surface area contributed by atoms with Crippen LogP contribution < -0.4 is 4.74 Å². The Bertz CT molecular complexity index is 1210. The highest BCUT2D eigenvalue weighted by Crippen LogP contribution is 2.33. The number of halogens is 2. The summed E-state index contributed by atoms with van der Waals surface area (Å²) in [5.74, 6) is 0.199. The number of ether oxygens (including phenoxy) is 1. The smallest absolute Gasteiger partial charge is 0.343 e. The zero-order valence-electron chi connectivity index (χ0n) is 19.8. The van der Waals surface area contributed by atoms with E-state index in [4.69, 9.17) is 27.9 Å². The Morgan fingerprint density at radius 2 is 1.21 bits per heavy atom. The molecular formula is C28H28Cl2O3. The van der Waals surface area contributed by atoms with Crippen molar-refractivity contribution >= 4 is 35.0 Å². The van der Waals surface area contributed by atoms with Crippen LogP contribution in [0.2, 0.25) is 10.0 Å². The van der Waals surface area contributed by atoms with Gasteiger partial charge in [-0.3, -0.25) is 4.79 Å². The molecule has 0 bridgehead atoms. The van der Waals surface area contributed by atoms with Gasteiger partial charge in [-0.25, -0.2) is 4.79 Å². The van der Waals surface area contributed by atoms with Crippen LogP contribution in [-0.2, 0) is 0 Å². The van der Waals surface area contributed by atoms with Crippen LogP contribution in [0.15, 0.2) is 48.5 Å². The number of carbonyl (C=O) groups is 2. The van der Waals surface area contributed by atoms with Gasteiger partial charge in [0.05, 0.1) is 5.56 Å². The van der Waals surface area contributed by atoms with Gasteiger partial charge in [0.1, 0.15) is 5.75 Å². The zero-order valence-corrected chi connectivity index (χ0v) is 21.3. The number of esters is 1. The first-order valence-electron chi connectivity index (χ1n) is 11.0. The number of carbonyl (C=O) groups excluding carboxylic acids is 2. The van der Waals surface area contributed by atoms with Crippen LogP contribution in [-0.4, -0.2) is 11.8 Å². The Kier molecular flexibility index (Phi) is 7.66. The lowest BCUT2D eigenvalue weighted by molar-refractivity contribution is 0.0732. The minimum atomic E-state index is -0.483. The average Bonchev–Trinajstić information content (AvgIpc) is 2.76. The second-order valence-corrected chi connectivity index (χ2v) is 9.75. The maximum atomic E-state index is 13.2. The predicted octanol–water partition coefficient (Wildman–Crippen LogP) is 8.31. The SMILES string of the molecule is Cc1cc(OC(=O)c2ccc(C(=O)c3cc(C)c(Cl)cc3C(C)C)cc2)c(C(C)C)cc1Cl. The molecule has 3 aromatic rings. The molecular weight excluding hydrogens is 455 g/mol. The first kappa shape index (κ1) is 25.0. The molecule has 0 N–H and O–H groups in total. The van der Waals surface area contributed by atoms with Crippen LogP contribution in [0.4, 0.5) is 0 Å². The van der Waals surface area contributed by atoms with Gasteiger partial charge in [0.15, 0.2) is 5.78 Å². The minimum absolute atomic E-state index is 0.103. The summed E-state index contributed by atoms with van der Waals surface area (Å²) in [6, 6.07) is 13.9. The molecule has 0 aliphatic rings. The Morgan fingerprint density at radius 1 is 0.727 bits per heavy atom. The van der Waals surface area contributed by atoms with E-state index in [0.717, 1.165) is 22.3 Å². The molecule has 0 atom stereocenters.